The molecular weight excluding hydrogens is 330 g/mol. The van der Waals surface area contributed by atoms with Crippen LogP contribution in [0, 0.1) is 0 Å². The van der Waals surface area contributed by atoms with E-state index in [0.29, 0.717) is 30.3 Å². The van der Waals surface area contributed by atoms with Crippen LogP contribution in [0.3, 0.4) is 0 Å². The van der Waals surface area contributed by atoms with Gasteiger partial charge in [-0.3, -0.25) is 4.79 Å². The first kappa shape index (κ1) is 17.9. The van der Waals surface area contributed by atoms with Crippen LogP contribution < -0.4 is 14.8 Å². The van der Waals surface area contributed by atoms with Gasteiger partial charge in [0.15, 0.2) is 11.5 Å². The van der Waals surface area contributed by atoms with E-state index in [1.54, 1.807) is 18.2 Å². The third-order valence-corrected chi connectivity index (χ3v) is 4.02. The Hall–Kier alpha value is -2.95. The van der Waals surface area contributed by atoms with Crippen molar-refractivity contribution < 1.29 is 18.7 Å². The van der Waals surface area contributed by atoms with Gasteiger partial charge in [0.25, 0.3) is 5.91 Å². The van der Waals surface area contributed by atoms with Gasteiger partial charge in [0.05, 0.1) is 19.3 Å². The lowest BCUT2D eigenvalue weighted by Gasteiger charge is -2.14. The second-order valence-corrected chi connectivity index (χ2v) is 5.91. The molecule has 136 valence electrons. The zero-order valence-electron chi connectivity index (χ0n) is 15.2. The summed E-state index contributed by atoms with van der Waals surface area (Å²) in [7, 11) is 0. The number of amides is 1. The van der Waals surface area contributed by atoms with Crippen molar-refractivity contribution in [3.05, 3.63) is 59.9 Å². The lowest BCUT2D eigenvalue weighted by atomic mass is 10.1. The second-order valence-electron chi connectivity index (χ2n) is 5.91. The standard InChI is InChI=1S/C21H23NO4/c1-4-24-18-11-10-16(13-20(18)25-5-2)21(23)22-14(3)19-12-15-8-6-7-9-17(15)26-19/h6-14H,4-5H2,1-3H3,(H,22,23). The first-order chi connectivity index (χ1) is 12.6. The van der Waals surface area contributed by atoms with E-state index in [9.17, 15) is 4.79 Å². The van der Waals surface area contributed by atoms with E-state index in [1.165, 1.54) is 0 Å². The Kier molecular flexibility index (Phi) is 5.46. The van der Waals surface area contributed by atoms with E-state index in [1.807, 2.05) is 51.1 Å². The summed E-state index contributed by atoms with van der Waals surface area (Å²) in [5, 5.41) is 3.98. The van der Waals surface area contributed by atoms with Crippen LogP contribution in [-0.4, -0.2) is 19.1 Å². The lowest BCUT2D eigenvalue weighted by molar-refractivity contribution is 0.0935. The lowest BCUT2D eigenvalue weighted by Crippen LogP contribution is -2.26. The van der Waals surface area contributed by atoms with E-state index in [0.717, 1.165) is 16.7 Å². The summed E-state index contributed by atoms with van der Waals surface area (Å²) >= 11 is 0. The highest BCUT2D eigenvalue weighted by atomic mass is 16.5. The van der Waals surface area contributed by atoms with Crippen molar-refractivity contribution in [1.29, 1.82) is 0 Å². The molecule has 0 saturated heterocycles. The maximum Gasteiger partial charge on any atom is 0.252 e. The summed E-state index contributed by atoms with van der Waals surface area (Å²) in [5.41, 5.74) is 1.32. The smallest absolute Gasteiger partial charge is 0.252 e. The minimum absolute atomic E-state index is 0.193. The summed E-state index contributed by atoms with van der Waals surface area (Å²) in [4.78, 5) is 12.6. The molecule has 2 aromatic carbocycles. The molecule has 1 unspecified atom stereocenters. The predicted molar refractivity (Wildman–Crippen MR) is 101 cm³/mol. The average Bonchev–Trinajstić information content (AvgIpc) is 3.08. The first-order valence-electron chi connectivity index (χ1n) is 8.81. The summed E-state index contributed by atoms with van der Waals surface area (Å²) in [6, 6.07) is 14.7. The molecule has 3 aromatic rings. The molecule has 1 aromatic heterocycles. The summed E-state index contributed by atoms with van der Waals surface area (Å²) < 4.78 is 16.9. The molecule has 26 heavy (non-hydrogen) atoms. The quantitative estimate of drug-likeness (QED) is 0.667. The van der Waals surface area contributed by atoms with Crippen LogP contribution in [-0.2, 0) is 0 Å². The number of ether oxygens (including phenoxy) is 2. The largest absolute Gasteiger partial charge is 0.490 e. The molecule has 0 aliphatic heterocycles. The molecule has 0 bridgehead atoms. The maximum absolute atomic E-state index is 12.6. The molecule has 0 radical (unpaired) electrons. The highest BCUT2D eigenvalue weighted by molar-refractivity contribution is 5.95. The molecule has 1 amide bonds. The van der Waals surface area contributed by atoms with Crippen LogP contribution >= 0.6 is 0 Å². The Morgan fingerprint density at radius 2 is 1.77 bits per heavy atom. The third kappa shape index (κ3) is 3.82. The Morgan fingerprint density at radius 3 is 2.50 bits per heavy atom. The molecule has 0 saturated carbocycles. The Balaban J connectivity index is 1.77. The second kappa shape index (κ2) is 7.95. The van der Waals surface area contributed by atoms with Gasteiger partial charge >= 0.3 is 0 Å². The van der Waals surface area contributed by atoms with Gasteiger partial charge < -0.3 is 19.2 Å². The van der Waals surface area contributed by atoms with Crippen molar-refractivity contribution in [3.63, 3.8) is 0 Å². The number of rotatable bonds is 7. The highest BCUT2D eigenvalue weighted by Crippen LogP contribution is 2.29. The van der Waals surface area contributed by atoms with Crippen molar-refractivity contribution in [1.82, 2.24) is 5.32 Å². The van der Waals surface area contributed by atoms with E-state index in [2.05, 4.69) is 5.32 Å². The van der Waals surface area contributed by atoms with Gasteiger partial charge in [-0.15, -0.1) is 0 Å². The van der Waals surface area contributed by atoms with Crippen LogP contribution in [0.1, 0.15) is 42.9 Å². The number of para-hydroxylation sites is 1. The van der Waals surface area contributed by atoms with Crippen LogP contribution in [0.15, 0.2) is 52.9 Å². The van der Waals surface area contributed by atoms with Crippen LogP contribution in [0.25, 0.3) is 11.0 Å². The number of carbonyl (C=O) groups excluding carboxylic acids is 1. The van der Waals surface area contributed by atoms with E-state index >= 15 is 0 Å². The predicted octanol–water partition coefficient (Wildman–Crippen LogP) is 4.72. The minimum atomic E-state index is -0.253. The molecular formula is C21H23NO4. The Labute approximate surface area is 152 Å². The molecule has 1 heterocycles. The number of furan rings is 1. The topological polar surface area (TPSA) is 60.7 Å². The number of nitrogens with one attached hydrogen (secondary N) is 1. The van der Waals surface area contributed by atoms with Gasteiger partial charge in [0.2, 0.25) is 0 Å². The van der Waals surface area contributed by atoms with Crippen LogP contribution in [0.2, 0.25) is 0 Å². The molecule has 5 nitrogen and oxygen atoms in total. The summed E-state index contributed by atoms with van der Waals surface area (Å²) in [6.07, 6.45) is 0. The van der Waals surface area contributed by atoms with Gasteiger partial charge in [0, 0.05) is 10.9 Å². The molecule has 1 N–H and O–H groups in total. The van der Waals surface area contributed by atoms with Crippen molar-refractivity contribution in [2.75, 3.05) is 13.2 Å². The van der Waals surface area contributed by atoms with Crippen molar-refractivity contribution >= 4 is 16.9 Å². The SMILES string of the molecule is CCOc1ccc(C(=O)NC(C)c2cc3ccccc3o2)cc1OCC. The molecule has 3 rings (SSSR count). The monoisotopic (exact) mass is 353 g/mol. The van der Waals surface area contributed by atoms with Gasteiger partial charge in [0.1, 0.15) is 11.3 Å². The van der Waals surface area contributed by atoms with Crippen molar-refractivity contribution in [2.24, 2.45) is 0 Å². The molecule has 5 heteroatoms. The van der Waals surface area contributed by atoms with Crippen LogP contribution in [0.5, 0.6) is 11.5 Å². The zero-order valence-corrected chi connectivity index (χ0v) is 15.2. The van der Waals surface area contributed by atoms with Crippen molar-refractivity contribution in [2.45, 2.75) is 26.8 Å². The number of hydrogen-bond acceptors (Lipinski definition) is 4. The third-order valence-electron chi connectivity index (χ3n) is 4.02. The fourth-order valence-electron chi connectivity index (χ4n) is 2.76. The molecule has 0 fully saturated rings. The number of hydrogen-bond donors (Lipinski definition) is 1. The number of fused-ring (bicyclic) bond motifs is 1. The van der Waals surface area contributed by atoms with Crippen molar-refractivity contribution in [3.8, 4) is 11.5 Å². The van der Waals surface area contributed by atoms with Gasteiger partial charge in [-0.05, 0) is 51.1 Å². The molecule has 0 spiro atoms. The highest BCUT2D eigenvalue weighted by Gasteiger charge is 2.17. The summed E-state index contributed by atoms with van der Waals surface area (Å²) in [5.74, 6) is 1.73. The fraction of sp³-hybridized carbons (Fsp3) is 0.286. The van der Waals surface area contributed by atoms with Gasteiger partial charge in [-0.1, -0.05) is 18.2 Å². The maximum atomic E-state index is 12.6. The van der Waals surface area contributed by atoms with Gasteiger partial charge in [-0.2, -0.15) is 0 Å². The Morgan fingerprint density at radius 1 is 1.04 bits per heavy atom. The fourth-order valence-corrected chi connectivity index (χ4v) is 2.76. The van der Waals surface area contributed by atoms with Crippen LogP contribution in [0.4, 0.5) is 0 Å². The molecule has 1 atom stereocenters. The minimum Gasteiger partial charge on any atom is -0.490 e. The van der Waals surface area contributed by atoms with E-state index in [-0.39, 0.29) is 11.9 Å². The van der Waals surface area contributed by atoms with E-state index < -0.39 is 0 Å². The average molecular weight is 353 g/mol. The Bertz CT molecular complexity index is 867. The first-order valence-corrected chi connectivity index (χ1v) is 8.81. The van der Waals surface area contributed by atoms with Gasteiger partial charge in [-0.25, -0.2) is 0 Å². The summed E-state index contributed by atoms with van der Waals surface area (Å²) in [6.45, 7) is 6.74. The normalized spacial score (nSPS) is 12.0. The molecule has 0 aliphatic rings. The van der Waals surface area contributed by atoms with E-state index in [4.69, 9.17) is 13.9 Å². The number of benzene rings is 2. The molecule has 0 aliphatic carbocycles. The zero-order chi connectivity index (χ0) is 18.5. The number of carbonyl (C=O) groups is 1.